The summed E-state index contributed by atoms with van der Waals surface area (Å²) in [5, 5.41) is 0. The fourth-order valence-corrected chi connectivity index (χ4v) is 4.57. The summed E-state index contributed by atoms with van der Waals surface area (Å²) in [6.45, 7) is 2.22. The van der Waals surface area contributed by atoms with E-state index >= 15 is 0 Å². The van der Waals surface area contributed by atoms with Crippen molar-refractivity contribution in [3.63, 3.8) is 0 Å². The van der Waals surface area contributed by atoms with Crippen LogP contribution in [0.5, 0.6) is 0 Å². The Kier molecular flexibility index (Phi) is 6.11. The minimum Gasteiger partial charge on any atom is -0.353 e. The number of nitrogens with zero attached hydrogens (tertiary/aromatic N) is 2. The fourth-order valence-electron chi connectivity index (χ4n) is 3.53. The second-order valence-electron chi connectivity index (χ2n) is 6.82. The molecule has 0 saturated carbocycles. The molecule has 1 fully saturated rings. The van der Waals surface area contributed by atoms with Gasteiger partial charge in [-0.05, 0) is 62.3 Å². The summed E-state index contributed by atoms with van der Waals surface area (Å²) in [5.74, 6) is -0.449. The zero-order valence-corrected chi connectivity index (χ0v) is 15.9. The van der Waals surface area contributed by atoms with E-state index in [0.717, 1.165) is 43.8 Å². The van der Waals surface area contributed by atoms with Gasteiger partial charge >= 0.3 is 0 Å². The van der Waals surface area contributed by atoms with E-state index in [2.05, 4.69) is 9.62 Å². The predicted octanol–water partition coefficient (Wildman–Crippen LogP) is 3.06. The number of sulfonamides is 1. The van der Waals surface area contributed by atoms with Gasteiger partial charge in [0.25, 0.3) is 0 Å². The SMILES string of the molecule is Cn1cccc1C(CNS(=O)(=O)c1ccc(F)cc1)N1CCCCCC1. The fraction of sp³-hybridized carbons (Fsp3) is 0.474. The third-order valence-electron chi connectivity index (χ3n) is 5.00. The highest BCUT2D eigenvalue weighted by Gasteiger charge is 2.25. The Labute approximate surface area is 154 Å². The first-order valence-electron chi connectivity index (χ1n) is 9.08. The number of rotatable bonds is 6. The summed E-state index contributed by atoms with van der Waals surface area (Å²) in [6.07, 6.45) is 6.68. The van der Waals surface area contributed by atoms with Gasteiger partial charge in [0.15, 0.2) is 0 Å². The number of hydrogen-bond acceptors (Lipinski definition) is 3. The third-order valence-corrected chi connectivity index (χ3v) is 6.44. The molecule has 0 radical (unpaired) electrons. The van der Waals surface area contributed by atoms with Crippen LogP contribution in [0.3, 0.4) is 0 Å². The first-order valence-corrected chi connectivity index (χ1v) is 10.6. The second-order valence-corrected chi connectivity index (χ2v) is 8.58. The van der Waals surface area contributed by atoms with Gasteiger partial charge in [-0.2, -0.15) is 0 Å². The first-order chi connectivity index (χ1) is 12.5. The average Bonchev–Trinajstić information content (AvgIpc) is 2.86. The van der Waals surface area contributed by atoms with E-state index in [1.54, 1.807) is 0 Å². The maximum Gasteiger partial charge on any atom is 0.240 e. The second kappa shape index (κ2) is 8.33. The van der Waals surface area contributed by atoms with E-state index in [4.69, 9.17) is 0 Å². The number of hydrogen-bond donors (Lipinski definition) is 1. The van der Waals surface area contributed by atoms with Gasteiger partial charge in [-0.15, -0.1) is 0 Å². The molecule has 26 heavy (non-hydrogen) atoms. The molecule has 0 bridgehead atoms. The van der Waals surface area contributed by atoms with Crippen LogP contribution in [0.1, 0.15) is 37.4 Å². The molecule has 7 heteroatoms. The molecule has 3 rings (SSSR count). The van der Waals surface area contributed by atoms with Gasteiger partial charge in [-0.1, -0.05) is 12.8 Å². The smallest absolute Gasteiger partial charge is 0.240 e. The summed E-state index contributed by atoms with van der Waals surface area (Å²) in [4.78, 5) is 2.45. The van der Waals surface area contributed by atoms with Crippen molar-refractivity contribution >= 4 is 10.0 Å². The summed E-state index contributed by atoms with van der Waals surface area (Å²) in [6, 6.07) is 8.91. The third kappa shape index (κ3) is 4.52. The van der Waals surface area contributed by atoms with Crippen molar-refractivity contribution in [2.24, 2.45) is 7.05 Å². The van der Waals surface area contributed by atoms with Crippen LogP contribution in [0.15, 0.2) is 47.5 Å². The van der Waals surface area contributed by atoms with Crippen LogP contribution in [0.25, 0.3) is 0 Å². The Morgan fingerprint density at radius 3 is 2.31 bits per heavy atom. The van der Waals surface area contributed by atoms with Crippen molar-refractivity contribution in [1.29, 1.82) is 0 Å². The minimum absolute atomic E-state index is 0.0247. The molecule has 1 unspecified atom stereocenters. The van der Waals surface area contributed by atoms with Gasteiger partial charge in [0.1, 0.15) is 5.82 Å². The summed E-state index contributed by atoms with van der Waals surface area (Å²) in [5.41, 5.74) is 1.09. The lowest BCUT2D eigenvalue weighted by molar-refractivity contribution is 0.199. The molecule has 1 aliphatic heterocycles. The van der Waals surface area contributed by atoms with E-state index in [1.807, 2.05) is 29.9 Å². The van der Waals surface area contributed by atoms with Crippen LogP contribution >= 0.6 is 0 Å². The van der Waals surface area contributed by atoms with E-state index < -0.39 is 15.8 Å². The molecule has 5 nitrogen and oxygen atoms in total. The Balaban J connectivity index is 1.79. The summed E-state index contributed by atoms with van der Waals surface area (Å²) in [7, 11) is -1.70. The number of aryl methyl sites for hydroxylation is 1. The molecular formula is C19H26FN3O2S. The molecule has 0 spiro atoms. The van der Waals surface area contributed by atoms with E-state index in [1.165, 1.54) is 25.0 Å². The van der Waals surface area contributed by atoms with Gasteiger partial charge in [-0.25, -0.2) is 17.5 Å². The Morgan fingerprint density at radius 1 is 1.08 bits per heavy atom. The molecule has 142 valence electrons. The topological polar surface area (TPSA) is 54.3 Å². The van der Waals surface area contributed by atoms with Gasteiger partial charge in [0.05, 0.1) is 10.9 Å². The Morgan fingerprint density at radius 2 is 1.73 bits per heavy atom. The zero-order chi connectivity index (χ0) is 18.6. The number of nitrogens with one attached hydrogen (secondary N) is 1. The lowest BCUT2D eigenvalue weighted by atomic mass is 10.1. The van der Waals surface area contributed by atoms with Crippen LogP contribution in [0.2, 0.25) is 0 Å². The monoisotopic (exact) mass is 379 g/mol. The number of halogens is 1. The van der Waals surface area contributed by atoms with Gasteiger partial charge in [0, 0.05) is 25.5 Å². The first kappa shape index (κ1) is 19.1. The highest BCUT2D eigenvalue weighted by molar-refractivity contribution is 7.89. The van der Waals surface area contributed by atoms with Crippen LogP contribution in [0, 0.1) is 5.82 Å². The number of benzene rings is 1. The van der Waals surface area contributed by atoms with Gasteiger partial charge in [0.2, 0.25) is 10.0 Å². The molecule has 0 amide bonds. The molecule has 1 atom stereocenters. The van der Waals surface area contributed by atoms with Crippen molar-refractivity contribution in [2.75, 3.05) is 19.6 Å². The van der Waals surface area contributed by atoms with E-state index in [9.17, 15) is 12.8 Å². The normalized spacial score (nSPS) is 17.8. The molecule has 1 aromatic carbocycles. The standard InChI is InChI=1S/C19H26FN3O2S/c1-22-12-6-7-18(22)19(23-13-4-2-3-5-14-23)15-21-26(24,25)17-10-8-16(20)9-11-17/h6-12,19,21H,2-5,13-15H2,1H3. The molecule has 1 aliphatic rings. The van der Waals surface area contributed by atoms with Crippen molar-refractivity contribution < 1.29 is 12.8 Å². The molecule has 2 heterocycles. The van der Waals surface area contributed by atoms with Crippen LogP contribution in [0.4, 0.5) is 4.39 Å². The van der Waals surface area contributed by atoms with E-state index in [-0.39, 0.29) is 17.5 Å². The highest BCUT2D eigenvalue weighted by atomic mass is 32.2. The van der Waals surface area contributed by atoms with Gasteiger partial charge < -0.3 is 4.57 Å². The zero-order valence-electron chi connectivity index (χ0n) is 15.1. The molecule has 2 aromatic rings. The minimum atomic E-state index is -3.68. The largest absolute Gasteiger partial charge is 0.353 e. The van der Waals surface area contributed by atoms with Crippen LogP contribution in [-0.2, 0) is 17.1 Å². The maximum absolute atomic E-state index is 13.1. The highest BCUT2D eigenvalue weighted by Crippen LogP contribution is 2.24. The van der Waals surface area contributed by atoms with Crippen molar-refractivity contribution in [3.8, 4) is 0 Å². The molecular weight excluding hydrogens is 353 g/mol. The summed E-state index contributed by atoms with van der Waals surface area (Å²) < 4.78 is 43.0. The maximum atomic E-state index is 13.1. The van der Waals surface area contributed by atoms with Crippen molar-refractivity contribution in [3.05, 3.63) is 54.1 Å². The van der Waals surface area contributed by atoms with Crippen LogP contribution < -0.4 is 4.72 Å². The lowest BCUT2D eigenvalue weighted by Crippen LogP contribution is -2.39. The predicted molar refractivity (Wildman–Crippen MR) is 99.8 cm³/mol. The summed E-state index contributed by atoms with van der Waals surface area (Å²) >= 11 is 0. The van der Waals surface area contributed by atoms with Crippen LogP contribution in [-0.4, -0.2) is 37.5 Å². The quantitative estimate of drug-likeness (QED) is 0.839. The Hall–Kier alpha value is -1.70. The van der Waals surface area contributed by atoms with Crippen molar-refractivity contribution in [2.45, 2.75) is 36.6 Å². The van der Waals surface area contributed by atoms with Crippen molar-refractivity contribution in [1.82, 2.24) is 14.2 Å². The molecule has 1 N–H and O–H groups in total. The van der Waals surface area contributed by atoms with Gasteiger partial charge in [-0.3, -0.25) is 4.90 Å². The molecule has 0 aliphatic carbocycles. The number of likely N-dealkylation sites (tertiary alicyclic amines) is 1. The van der Waals surface area contributed by atoms with E-state index in [0.29, 0.717) is 0 Å². The molecule has 1 saturated heterocycles. The lowest BCUT2D eigenvalue weighted by Gasteiger charge is -2.31. The average molecular weight is 380 g/mol. The Bertz CT molecular complexity index is 810. The molecule has 1 aromatic heterocycles. The number of aromatic nitrogens is 1.